The summed E-state index contributed by atoms with van der Waals surface area (Å²) in [7, 11) is 0. The van der Waals surface area contributed by atoms with Gasteiger partial charge < -0.3 is 4.90 Å². The Morgan fingerprint density at radius 2 is 2.00 bits per heavy atom. The Kier molecular flexibility index (Phi) is 6.62. The normalized spacial score (nSPS) is 14.1. The molecule has 5 nitrogen and oxygen atoms in total. The van der Waals surface area contributed by atoms with E-state index in [1.165, 1.54) is 30.4 Å². The summed E-state index contributed by atoms with van der Waals surface area (Å²) in [6, 6.07) is 1.22. The monoisotopic (exact) mass is 403 g/mol. The highest BCUT2D eigenvalue weighted by atomic mass is 32.2. The van der Waals surface area contributed by atoms with Crippen LogP contribution in [0, 0.1) is 0 Å². The van der Waals surface area contributed by atoms with Gasteiger partial charge in [-0.15, -0.1) is 0 Å². The van der Waals surface area contributed by atoms with Gasteiger partial charge in [0.25, 0.3) is 0 Å². The Hall–Kier alpha value is -1.68. The van der Waals surface area contributed by atoms with Gasteiger partial charge in [-0.2, -0.15) is 40.2 Å². The zero-order chi connectivity index (χ0) is 19.5. The lowest BCUT2D eigenvalue weighted by Crippen LogP contribution is -2.32. The summed E-state index contributed by atoms with van der Waals surface area (Å²) in [5.74, 6) is 0. The Bertz CT molecular complexity index is 748. The first kappa shape index (κ1) is 20.6. The van der Waals surface area contributed by atoms with Gasteiger partial charge in [0, 0.05) is 11.8 Å². The largest absolute Gasteiger partial charge is 0.433 e. The third kappa shape index (κ3) is 4.17. The fourth-order valence-electron chi connectivity index (χ4n) is 2.54. The van der Waals surface area contributed by atoms with E-state index in [2.05, 4.69) is 15.3 Å². The van der Waals surface area contributed by atoms with E-state index in [1.54, 1.807) is 17.9 Å². The number of thioether (sulfide) groups is 1. The molecule has 142 valence electrons. The third-order valence-electron chi connectivity index (χ3n) is 4.17. The van der Waals surface area contributed by atoms with Crippen LogP contribution >= 0.6 is 24.0 Å². The van der Waals surface area contributed by atoms with E-state index in [9.17, 15) is 13.2 Å². The lowest BCUT2D eigenvalue weighted by Gasteiger charge is -2.25. The predicted molar refractivity (Wildman–Crippen MR) is 102 cm³/mol. The Morgan fingerprint density at radius 1 is 1.31 bits per heavy atom. The number of halogens is 3. The quantitative estimate of drug-likeness (QED) is 0.674. The van der Waals surface area contributed by atoms with Crippen LogP contribution in [0.2, 0.25) is 0 Å². The third-order valence-corrected chi connectivity index (χ3v) is 5.75. The van der Waals surface area contributed by atoms with Crippen LogP contribution in [0.15, 0.2) is 24.7 Å². The van der Waals surface area contributed by atoms with Gasteiger partial charge in [0.05, 0.1) is 35.9 Å². The van der Waals surface area contributed by atoms with Gasteiger partial charge in [-0.1, -0.05) is 19.1 Å². The second kappa shape index (κ2) is 8.34. The summed E-state index contributed by atoms with van der Waals surface area (Å²) in [5.41, 5.74) is -0.346. The molecule has 2 aromatic heterocycles. The molecule has 0 aliphatic rings. The van der Waals surface area contributed by atoms with Crippen LogP contribution in [0.5, 0.6) is 0 Å². The molecule has 2 aromatic rings. The molecule has 0 saturated heterocycles. The summed E-state index contributed by atoms with van der Waals surface area (Å²) in [5, 5.41) is 11.4. The van der Waals surface area contributed by atoms with Gasteiger partial charge in [-0.25, -0.2) is 0 Å². The van der Waals surface area contributed by atoms with Crippen molar-refractivity contribution >= 4 is 34.7 Å². The number of alkyl halides is 3. The summed E-state index contributed by atoms with van der Waals surface area (Å²) >= 11 is 6.88. The number of hydrogen-bond acceptors (Lipinski definition) is 5. The van der Waals surface area contributed by atoms with Crippen molar-refractivity contribution in [2.24, 2.45) is 0 Å². The van der Waals surface area contributed by atoms with Crippen molar-refractivity contribution in [3.05, 3.63) is 35.9 Å². The molecule has 0 N–H and O–H groups in total. The molecule has 0 bridgehead atoms. The van der Waals surface area contributed by atoms with Crippen LogP contribution in [0.4, 0.5) is 18.9 Å². The summed E-state index contributed by atoms with van der Waals surface area (Å²) in [6.07, 6.45) is 1.42. The van der Waals surface area contributed by atoms with E-state index in [-0.39, 0.29) is 15.8 Å². The van der Waals surface area contributed by atoms with E-state index in [0.717, 1.165) is 4.68 Å². The molecule has 0 aliphatic carbocycles. The molecule has 2 heterocycles. The minimum Gasteiger partial charge on any atom is -0.331 e. The fraction of sp³-hybridized carbons (Fsp3) is 0.500. The second-order valence-corrected chi connectivity index (χ2v) is 7.28. The van der Waals surface area contributed by atoms with Crippen molar-refractivity contribution in [3.63, 3.8) is 0 Å². The standard InChI is InChI=1S/C16H20F3N5S2/c1-5-23(12-6-7-20-21-8-12)15(25)13-9-22-24(10(2)11(3)26-4)14(13)16(17,18)19/h6-11H,5H2,1-4H3. The molecular formula is C16H20F3N5S2. The van der Waals surface area contributed by atoms with Crippen molar-refractivity contribution in [3.8, 4) is 0 Å². The Morgan fingerprint density at radius 3 is 2.50 bits per heavy atom. The van der Waals surface area contributed by atoms with Gasteiger partial charge in [-0.05, 0) is 26.2 Å². The predicted octanol–water partition coefficient (Wildman–Crippen LogP) is 4.21. The summed E-state index contributed by atoms with van der Waals surface area (Å²) in [6.45, 7) is 5.80. The van der Waals surface area contributed by atoms with Gasteiger partial charge in [0.15, 0.2) is 5.69 Å². The average Bonchev–Trinajstić information content (AvgIpc) is 3.07. The van der Waals surface area contributed by atoms with Crippen molar-refractivity contribution < 1.29 is 13.2 Å². The van der Waals surface area contributed by atoms with Crippen LogP contribution in [0.25, 0.3) is 0 Å². The molecule has 2 unspecified atom stereocenters. The summed E-state index contributed by atoms with van der Waals surface area (Å²) < 4.78 is 42.5. The zero-order valence-corrected chi connectivity index (χ0v) is 16.5. The van der Waals surface area contributed by atoms with Crippen molar-refractivity contribution in [2.75, 3.05) is 17.7 Å². The van der Waals surface area contributed by atoms with Crippen LogP contribution in [0.1, 0.15) is 38.1 Å². The van der Waals surface area contributed by atoms with Gasteiger partial charge in [0.1, 0.15) is 4.99 Å². The van der Waals surface area contributed by atoms with Crippen molar-refractivity contribution in [1.82, 2.24) is 20.0 Å². The average molecular weight is 403 g/mol. The first-order valence-electron chi connectivity index (χ1n) is 7.98. The summed E-state index contributed by atoms with van der Waals surface area (Å²) in [4.78, 5) is 1.64. The molecular weight excluding hydrogens is 383 g/mol. The topological polar surface area (TPSA) is 46.8 Å². The van der Waals surface area contributed by atoms with Crippen molar-refractivity contribution in [2.45, 2.75) is 38.2 Å². The van der Waals surface area contributed by atoms with Gasteiger partial charge >= 0.3 is 6.18 Å². The van der Waals surface area contributed by atoms with Crippen molar-refractivity contribution in [1.29, 1.82) is 0 Å². The Balaban J connectivity index is 2.52. The lowest BCUT2D eigenvalue weighted by molar-refractivity contribution is -0.144. The Labute approximate surface area is 160 Å². The number of nitrogens with zero attached hydrogens (tertiary/aromatic N) is 5. The van der Waals surface area contributed by atoms with Crippen LogP contribution in [-0.2, 0) is 6.18 Å². The highest BCUT2D eigenvalue weighted by Crippen LogP contribution is 2.36. The highest BCUT2D eigenvalue weighted by Gasteiger charge is 2.41. The van der Waals surface area contributed by atoms with Crippen LogP contribution < -0.4 is 4.90 Å². The molecule has 0 saturated carbocycles. The number of rotatable bonds is 6. The number of aromatic nitrogens is 4. The smallest absolute Gasteiger partial charge is 0.331 e. The van der Waals surface area contributed by atoms with E-state index in [1.807, 2.05) is 20.1 Å². The lowest BCUT2D eigenvalue weighted by atomic mass is 10.2. The maximum absolute atomic E-state index is 13.8. The van der Waals surface area contributed by atoms with E-state index in [0.29, 0.717) is 12.2 Å². The molecule has 0 radical (unpaired) electrons. The fourth-order valence-corrected chi connectivity index (χ4v) is 3.43. The molecule has 0 amide bonds. The number of anilines is 1. The highest BCUT2D eigenvalue weighted by molar-refractivity contribution is 7.99. The maximum atomic E-state index is 13.8. The molecule has 0 fully saturated rings. The number of hydrogen-bond donors (Lipinski definition) is 0. The van der Waals surface area contributed by atoms with E-state index in [4.69, 9.17) is 12.2 Å². The van der Waals surface area contributed by atoms with Crippen LogP contribution in [-0.4, -0.2) is 43.0 Å². The molecule has 2 rings (SSSR count). The van der Waals surface area contributed by atoms with E-state index < -0.39 is 17.9 Å². The second-order valence-electron chi connectivity index (χ2n) is 5.68. The molecule has 26 heavy (non-hydrogen) atoms. The minimum atomic E-state index is -4.57. The molecule has 0 aliphatic heterocycles. The molecule has 2 atom stereocenters. The first-order chi connectivity index (χ1) is 12.2. The SMILES string of the molecule is CCN(C(=S)c1cnn(C(C)C(C)SC)c1C(F)(F)F)c1ccnnc1. The first-order valence-corrected chi connectivity index (χ1v) is 9.68. The van der Waals surface area contributed by atoms with Gasteiger partial charge in [-0.3, -0.25) is 4.68 Å². The zero-order valence-electron chi connectivity index (χ0n) is 14.9. The van der Waals surface area contributed by atoms with Crippen LogP contribution in [0.3, 0.4) is 0 Å². The number of thiocarbonyl (C=S) groups is 1. The minimum absolute atomic E-state index is 0.0379. The van der Waals surface area contributed by atoms with E-state index >= 15 is 0 Å². The van der Waals surface area contributed by atoms with Gasteiger partial charge in [0.2, 0.25) is 0 Å². The molecule has 0 spiro atoms. The maximum Gasteiger partial charge on any atom is 0.433 e. The molecule has 0 aromatic carbocycles. The molecule has 10 heteroatoms.